The Morgan fingerprint density at radius 2 is 1.85 bits per heavy atom. The number of ether oxygens (including phenoxy) is 1. The fourth-order valence-electron chi connectivity index (χ4n) is 5.25. The van der Waals surface area contributed by atoms with Crippen molar-refractivity contribution in [2.45, 2.75) is 75.5 Å². The molecule has 2 amide bonds. The topological polar surface area (TPSA) is 117 Å². The first-order valence-electron chi connectivity index (χ1n) is 12.5. The first-order valence-corrected chi connectivity index (χ1v) is 13.3. The number of nitrogens with one attached hydrogen (secondary N) is 2. The van der Waals surface area contributed by atoms with E-state index >= 15 is 0 Å². The summed E-state index contributed by atoms with van der Waals surface area (Å²) >= 11 is 0.704. The summed E-state index contributed by atoms with van der Waals surface area (Å²) in [6.07, 6.45) is -4.49. The zero-order valence-corrected chi connectivity index (χ0v) is 21.5. The summed E-state index contributed by atoms with van der Waals surface area (Å²) < 4.78 is 72.5. The Kier molecular flexibility index (Phi) is 7.50. The highest BCUT2D eigenvalue weighted by Crippen LogP contribution is 2.42. The molecule has 39 heavy (non-hydrogen) atoms. The lowest BCUT2D eigenvalue weighted by Gasteiger charge is -2.22. The van der Waals surface area contributed by atoms with E-state index in [4.69, 9.17) is 4.74 Å². The average Bonchev–Trinajstić information content (AvgIpc) is 3.67. The maximum atomic E-state index is 14.2. The minimum Gasteiger partial charge on any atom is -0.388 e. The van der Waals surface area contributed by atoms with Crippen LogP contribution in [0.15, 0.2) is 12.3 Å². The van der Waals surface area contributed by atoms with Crippen LogP contribution in [0.25, 0.3) is 10.4 Å². The summed E-state index contributed by atoms with van der Waals surface area (Å²) in [5, 5.41) is 14.4. The maximum Gasteiger partial charge on any atom is 0.408 e. The zero-order valence-electron chi connectivity index (χ0n) is 20.7. The van der Waals surface area contributed by atoms with Crippen LogP contribution >= 0.6 is 11.3 Å². The second kappa shape index (κ2) is 10.6. The van der Waals surface area contributed by atoms with Crippen molar-refractivity contribution in [1.82, 2.24) is 20.2 Å². The quantitative estimate of drug-likeness (QED) is 0.431. The maximum absolute atomic E-state index is 14.2. The molecule has 3 N–H and O–H groups in total. The molecule has 3 saturated heterocycles. The number of aromatic nitrogens is 2. The molecule has 5 heterocycles. The number of nitrogens with zero attached hydrogens (tertiary/aromatic N) is 3. The van der Waals surface area contributed by atoms with Gasteiger partial charge in [-0.2, -0.15) is 13.2 Å². The number of carbonyl (C=O) groups excluding carboxylic acids is 2. The van der Waals surface area contributed by atoms with Crippen molar-refractivity contribution in [1.29, 1.82) is 0 Å². The Balaban J connectivity index is 1.53. The lowest BCUT2D eigenvalue weighted by Crippen LogP contribution is -2.42. The predicted octanol–water partition coefficient (Wildman–Crippen LogP) is 3.76. The highest BCUT2D eigenvalue weighted by molar-refractivity contribution is 7.17. The number of hydrogen-bond donors (Lipinski definition) is 3. The van der Waals surface area contributed by atoms with Crippen molar-refractivity contribution in [3.8, 4) is 10.4 Å². The van der Waals surface area contributed by atoms with Crippen LogP contribution in [0.4, 0.5) is 27.8 Å². The molecule has 9 nitrogen and oxygen atoms in total. The second-order valence-electron chi connectivity index (χ2n) is 9.92. The molecule has 2 aromatic heterocycles. The summed E-state index contributed by atoms with van der Waals surface area (Å²) in [5.74, 6) is -1.63. The van der Waals surface area contributed by atoms with Gasteiger partial charge in [-0.05, 0) is 38.7 Å². The van der Waals surface area contributed by atoms with Crippen molar-refractivity contribution in [3.63, 3.8) is 0 Å². The number of pyridine rings is 1. The van der Waals surface area contributed by atoms with E-state index in [0.717, 1.165) is 44.9 Å². The smallest absolute Gasteiger partial charge is 0.388 e. The molecule has 3 atom stereocenters. The SMILES string of the molecule is C[C@H](Nc1cc(C(F)F)c(-c2sc(C(=O)N[C@H]3COC[C@@H]3O)nc2C(=O)N2C3CCC2CC3)cn1)C(F)(F)F. The van der Waals surface area contributed by atoms with Gasteiger partial charge in [0.2, 0.25) is 0 Å². The highest BCUT2D eigenvalue weighted by atomic mass is 32.1. The van der Waals surface area contributed by atoms with Crippen molar-refractivity contribution < 1.29 is 41.4 Å². The van der Waals surface area contributed by atoms with Gasteiger partial charge in [-0.25, -0.2) is 18.7 Å². The van der Waals surface area contributed by atoms with Crippen LogP contribution in [0.3, 0.4) is 0 Å². The summed E-state index contributed by atoms with van der Waals surface area (Å²) in [6, 6.07) is -1.97. The normalized spacial score (nSPS) is 25.4. The molecular weight excluding hydrogens is 549 g/mol. The minimum absolute atomic E-state index is 0.0109. The number of aliphatic hydroxyl groups is 1. The number of alkyl halides is 5. The van der Waals surface area contributed by atoms with E-state index in [0.29, 0.717) is 11.3 Å². The third-order valence-electron chi connectivity index (χ3n) is 7.35. The summed E-state index contributed by atoms with van der Waals surface area (Å²) in [5.41, 5.74) is -1.05. The molecule has 0 unspecified atom stereocenters. The molecular formula is C24H26F5N5O4S. The molecule has 15 heteroatoms. The molecule has 3 aliphatic rings. The first-order chi connectivity index (χ1) is 18.4. The highest BCUT2D eigenvalue weighted by Gasteiger charge is 2.44. The Bertz CT molecular complexity index is 1240. The van der Waals surface area contributed by atoms with Gasteiger partial charge >= 0.3 is 6.18 Å². The van der Waals surface area contributed by atoms with Crippen molar-refractivity contribution in [3.05, 3.63) is 28.5 Å². The van der Waals surface area contributed by atoms with Crippen LogP contribution in [0.1, 0.15) is 64.9 Å². The number of halogens is 5. The fraction of sp³-hybridized carbons (Fsp3) is 0.583. The number of hydrogen-bond acceptors (Lipinski definition) is 8. The van der Waals surface area contributed by atoms with E-state index in [9.17, 15) is 36.6 Å². The van der Waals surface area contributed by atoms with Gasteiger partial charge in [0, 0.05) is 29.4 Å². The predicted molar refractivity (Wildman–Crippen MR) is 130 cm³/mol. The molecule has 5 rings (SSSR count). The van der Waals surface area contributed by atoms with Gasteiger partial charge in [0.15, 0.2) is 5.01 Å². The number of aliphatic hydroxyl groups excluding tert-OH is 1. The van der Waals surface area contributed by atoms with Crippen LogP contribution < -0.4 is 10.6 Å². The molecule has 0 saturated carbocycles. The molecule has 0 aliphatic carbocycles. The first kappa shape index (κ1) is 27.6. The molecule has 0 radical (unpaired) electrons. The molecule has 2 aromatic rings. The average molecular weight is 576 g/mol. The van der Waals surface area contributed by atoms with Crippen LogP contribution in [-0.4, -0.2) is 81.5 Å². The lowest BCUT2D eigenvalue weighted by atomic mass is 10.0. The van der Waals surface area contributed by atoms with Gasteiger partial charge < -0.3 is 25.4 Å². The summed E-state index contributed by atoms with van der Waals surface area (Å²) in [6.45, 7) is 0.934. The lowest BCUT2D eigenvalue weighted by molar-refractivity contribution is -0.138. The van der Waals surface area contributed by atoms with Crippen LogP contribution in [0, 0.1) is 0 Å². The standard InChI is InChI=1S/C24H26F5N5O4S/c1-10(24(27,28)29)31-17-6-13(20(25)26)14(7-30-17)19-18(23(37)34-11-2-3-12(34)5-4-11)33-22(39-19)21(36)32-15-8-38-9-16(15)35/h6-7,10-12,15-16,20,35H,2-5,8-9H2,1H3,(H,30,31)(H,32,36)/t10-,11?,12?,15-,16-/m0/s1. The Morgan fingerprint density at radius 1 is 1.18 bits per heavy atom. The summed E-state index contributed by atoms with van der Waals surface area (Å²) in [4.78, 5) is 36.5. The molecule has 212 valence electrons. The number of thiazole rings is 1. The summed E-state index contributed by atoms with van der Waals surface area (Å²) in [7, 11) is 0. The van der Waals surface area contributed by atoms with Gasteiger partial charge in [0.05, 0.1) is 30.2 Å². The van der Waals surface area contributed by atoms with E-state index in [-0.39, 0.29) is 46.4 Å². The van der Waals surface area contributed by atoms with E-state index in [1.165, 1.54) is 0 Å². The Hall–Kier alpha value is -2.91. The van der Waals surface area contributed by atoms with E-state index in [1.807, 2.05) is 0 Å². The largest absolute Gasteiger partial charge is 0.408 e. The van der Waals surface area contributed by atoms with Gasteiger partial charge in [-0.3, -0.25) is 9.59 Å². The number of amides is 2. The van der Waals surface area contributed by atoms with Crippen LogP contribution in [0.5, 0.6) is 0 Å². The van der Waals surface area contributed by atoms with Gasteiger partial charge in [-0.15, -0.1) is 11.3 Å². The van der Waals surface area contributed by atoms with E-state index in [1.54, 1.807) is 4.90 Å². The fourth-order valence-corrected chi connectivity index (χ4v) is 6.24. The monoisotopic (exact) mass is 575 g/mol. The number of carbonyl (C=O) groups is 2. The van der Waals surface area contributed by atoms with Crippen molar-refractivity contribution in [2.75, 3.05) is 18.5 Å². The van der Waals surface area contributed by atoms with Crippen molar-refractivity contribution in [2.24, 2.45) is 0 Å². The number of anilines is 1. The minimum atomic E-state index is -4.63. The molecule has 3 fully saturated rings. The zero-order chi connectivity index (χ0) is 28.1. The second-order valence-corrected chi connectivity index (χ2v) is 10.9. The molecule has 0 spiro atoms. The van der Waals surface area contributed by atoms with Gasteiger partial charge in [0.1, 0.15) is 17.6 Å². The molecule has 3 aliphatic heterocycles. The molecule has 0 aromatic carbocycles. The van der Waals surface area contributed by atoms with E-state index < -0.39 is 54.0 Å². The Morgan fingerprint density at radius 3 is 2.41 bits per heavy atom. The van der Waals surface area contributed by atoms with Crippen LogP contribution in [-0.2, 0) is 4.74 Å². The number of rotatable bonds is 7. The third-order valence-corrected chi connectivity index (χ3v) is 8.44. The van der Waals surface area contributed by atoms with E-state index in [2.05, 4.69) is 20.6 Å². The van der Waals surface area contributed by atoms with Crippen LogP contribution in [0.2, 0.25) is 0 Å². The Labute approximate surface area is 223 Å². The van der Waals surface area contributed by atoms with Gasteiger partial charge in [-0.1, -0.05) is 0 Å². The van der Waals surface area contributed by atoms with Crippen molar-refractivity contribution >= 4 is 29.0 Å². The molecule has 2 bridgehead atoms. The number of fused-ring (bicyclic) bond motifs is 2. The van der Waals surface area contributed by atoms with Gasteiger partial charge in [0.25, 0.3) is 18.2 Å². The third kappa shape index (κ3) is 5.43.